The lowest BCUT2D eigenvalue weighted by molar-refractivity contribution is 1.38. The lowest BCUT2D eigenvalue weighted by atomic mass is 9.99. The van der Waals surface area contributed by atoms with Crippen LogP contribution in [0.25, 0.3) is 65.6 Å². The smallest absolute Gasteiger partial charge is 0.0974 e. The molecule has 0 unspecified atom stereocenters. The predicted molar refractivity (Wildman–Crippen MR) is 133 cm³/mol. The van der Waals surface area contributed by atoms with E-state index in [0.717, 1.165) is 54.9 Å². The molecule has 0 fully saturated rings. The van der Waals surface area contributed by atoms with Gasteiger partial charge in [0.2, 0.25) is 0 Å². The van der Waals surface area contributed by atoms with Gasteiger partial charge in [-0.1, -0.05) is 78.9 Å². The third-order valence-electron chi connectivity index (χ3n) is 6.23. The van der Waals surface area contributed by atoms with Crippen LogP contribution in [-0.4, -0.2) is 15.0 Å². The molecule has 0 radical (unpaired) electrons. The molecule has 3 heterocycles. The van der Waals surface area contributed by atoms with E-state index in [1.165, 1.54) is 10.8 Å². The van der Waals surface area contributed by atoms with Crippen molar-refractivity contribution in [1.82, 2.24) is 15.0 Å². The molecule has 3 heteroatoms. The topological polar surface area (TPSA) is 38.7 Å². The summed E-state index contributed by atoms with van der Waals surface area (Å²) >= 11 is 0. The second-order valence-electron chi connectivity index (χ2n) is 8.14. The second-order valence-corrected chi connectivity index (χ2v) is 8.14. The van der Waals surface area contributed by atoms with Crippen molar-refractivity contribution in [3.05, 3.63) is 103 Å². The molecule has 0 N–H and O–H groups in total. The molecule has 0 aliphatic rings. The standard InChI is InChI=1S/C29H17N3/c1-2-7-20-16-21(13-11-18(20)6-1)26-23-9-3-4-10-24(23)29-25(31-26)17-22-14-12-19-8-5-15-30-27(19)28(22)32-29/h1-17H. The average Bonchev–Trinajstić information content (AvgIpc) is 2.87. The molecule has 32 heavy (non-hydrogen) atoms. The zero-order valence-electron chi connectivity index (χ0n) is 17.2. The number of pyridine rings is 3. The van der Waals surface area contributed by atoms with Crippen LogP contribution in [0.2, 0.25) is 0 Å². The van der Waals surface area contributed by atoms with Crippen LogP contribution in [0.15, 0.2) is 103 Å². The van der Waals surface area contributed by atoms with Crippen LogP contribution in [0.5, 0.6) is 0 Å². The summed E-state index contributed by atoms with van der Waals surface area (Å²) in [6.07, 6.45) is 1.83. The van der Waals surface area contributed by atoms with Gasteiger partial charge in [0, 0.05) is 33.3 Å². The number of fused-ring (bicyclic) bond motifs is 7. The lowest BCUT2D eigenvalue weighted by Crippen LogP contribution is -1.93. The highest BCUT2D eigenvalue weighted by Gasteiger charge is 2.14. The molecule has 3 nitrogen and oxygen atoms in total. The Labute approximate surface area is 184 Å². The van der Waals surface area contributed by atoms with E-state index in [4.69, 9.17) is 9.97 Å². The summed E-state index contributed by atoms with van der Waals surface area (Å²) in [7, 11) is 0. The van der Waals surface area contributed by atoms with Crippen LogP contribution < -0.4 is 0 Å². The van der Waals surface area contributed by atoms with E-state index in [0.29, 0.717) is 0 Å². The summed E-state index contributed by atoms with van der Waals surface area (Å²) < 4.78 is 0. The average molecular weight is 407 g/mol. The van der Waals surface area contributed by atoms with E-state index < -0.39 is 0 Å². The molecule has 7 rings (SSSR count). The highest BCUT2D eigenvalue weighted by Crippen LogP contribution is 2.35. The fourth-order valence-electron chi connectivity index (χ4n) is 4.68. The van der Waals surface area contributed by atoms with Crippen LogP contribution in [0.1, 0.15) is 0 Å². The summed E-state index contributed by atoms with van der Waals surface area (Å²) in [5.41, 5.74) is 5.75. The van der Waals surface area contributed by atoms with Gasteiger partial charge in [0.1, 0.15) is 0 Å². The molecule has 7 aromatic rings. The normalized spacial score (nSPS) is 11.8. The zero-order chi connectivity index (χ0) is 21.1. The Bertz CT molecular complexity index is 1840. The number of aromatic nitrogens is 3. The van der Waals surface area contributed by atoms with E-state index in [2.05, 4.69) is 96.0 Å². The Balaban J connectivity index is 1.60. The van der Waals surface area contributed by atoms with Crippen molar-refractivity contribution < 1.29 is 0 Å². The third-order valence-corrected chi connectivity index (χ3v) is 6.23. The molecule has 0 saturated carbocycles. The predicted octanol–water partition coefficient (Wildman–Crippen LogP) is 7.30. The van der Waals surface area contributed by atoms with Gasteiger partial charge in [-0.25, -0.2) is 9.97 Å². The number of hydrogen-bond donors (Lipinski definition) is 0. The Kier molecular flexibility index (Phi) is 3.55. The van der Waals surface area contributed by atoms with Crippen LogP contribution in [0.4, 0.5) is 0 Å². The fourth-order valence-corrected chi connectivity index (χ4v) is 4.68. The molecule has 0 atom stereocenters. The van der Waals surface area contributed by atoms with Crippen LogP contribution in [0.3, 0.4) is 0 Å². The molecule has 0 saturated heterocycles. The Morgan fingerprint density at radius 3 is 2.16 bits per heavy atom. The van der Waals surface area contributed by atoms with Crippen molar-refractivity contribution in [1.29, 1.82) is 0 Å². The van der Waals surface area contributed by atoms with Crippen LogP contribution in [-0.2, 0) is 0 Å². The summed E-state index contributed by atoms with van der Waals surface area (Å²) in [6.45, 7) is 0. The van der Waals surface area contributed by atoms with Gasteiger partial charge in [0.05, 0.1) is 27.8 Å². The molecule has 0 aliphatic carbocycles. The minimum absolute atomic E-state index is 0.898. The Morgan fingerprint density at radius 1 is 0.469 bits per heavy atom. The minimum Gasteiger partial charge on any atom is -0.254 e. The molecule has 4 aromatic carbocycles. The molecule has 148 valence electrons. The highest BCUT2D eigenvalue weighted by molar-refractivity contribution is 6.14. The van der Waals surface area contributed by atoms with Gasteiger partial charge >= 0.3 is 0 Å². The molecule has 0 spiro atoms. The minimum atomic E-state index is 0.898. The SMILES string of the molecule is c1ccc2cc(-c3nc4cc5ccc6cccnc6c5nc4c4ccccc34)ccc2c1. The molecular formula is C29H17N3. The van der Waals surface area contributed by atoms with Gasteiger partial charge in [-0.15, -0.1) is 0 Å². The van der Waals surface area contributed by atoms with Crippen molar-refractivity contribution in [3.63, 3.8) is 0 Å². The third kappa shape index (κ3) is 2.51. The van der Waals surface area contributed by atoms with Gasteiger partial charge in [-0.2, -0.15) is 0 Å². The van der Waals surface area contributed by atoms with Crippen LogP contribution in [0, 0.1) is 0 Å². The van der Waals surface area contributed by atoms with Crippen molar-refractivity contribution in [2.75, 3.05) is 0 Å². The van der Waals surface area contributed by atoms with E-state index >= 15 is 0 Å². The first-order valence-electron chi connectivity index (χ1n) is 10.7. The van der Waals surface area contributed by atoms with Gasteiger partial charge in [-0.05, 0) is 29.0 Å². The monoisotopic (exact) mass is 407 g/mol. The first-order chi connectivity index (χ1) is 15.8. The van der Waals surface area contributed by atoms with E-state index in [-0.39, 0.29) is 0 Å². The summed E-state index contributed by atoms with van der Waals surface area (Å²) in [5.74, 6) is 0. The Hall–Kier alpha value is -4.37. The maximum Gasteiger partial charge on any atom is 0.0974 e. The van der Waals surface area contributed by atoms with Crippen molar-refractivity contribution in [2.45, 2.75) is 0 Å². The number of benzene rings is 4. The van der Waals surface area contributed by atoms with Crippen LogP contribution >= 0.6 is 0 Å². The van der Waals surface area contributed by atoms with Crippen molar-refractivity contribution >= 4 is 54.4 Å². The zero-order valence-corrected chi connectivity index (χ0v) is 17.2. The van der Waals surface area contributed by atoms with Crippen molar-refractivity contribution in [2.24, 2.45) is 0 Å². The lowest BCUT2D eigenvalue weighted by Gasteiger charge is -2.12. The van der Waals surface area contributed by atoms with Gasteiger partial charge in [-0.3, -0.25) is 4.98 Å². The molecular weight excluding hydrogens is 390 g/mol. The largest absolute Gasteiger partial charge is 0.254 e. The molecule has 0 bridgehead atoms. The Morgan fingerprint density at radius 2 is 1.22 bits per heavy atom. The maximum absolute atomic E-state index is 5.13. The van der Waals surface area contributed by atoms with Gasteiger partial charge in [0.25, 0.3) is 0 Å². The quantitative estimate of drug-likeness (QED) is 0.212. The second kappa shape index (κ2) is 6.56. The number of nitrogens with zero attached hydrogens (tertiary/aromatic N) is 3. The molecule has 3 aromatic heterocycles. The number of rotatable bonds is 1. The first-order valence-corrected chi connectivity index (χ1v) is 10.7. The van der Waals surface area contributed by atoms with Gasteiger partial charge in [0.15, 0.2) is 0 Å². The fraction of sp³-hybridized carbons (Fsp3) is 0. The van der Waals surface area contributed by atoms with Crippen molar-refractivity contribution in [3.8, 4) is 11.3 Å². The molecule has 0 amide bonds. The summed E-state index contributed by atoms with van der Waals surface area (Å²) in [6, 6.07) is 33.8. The summed E-state index contributed by atoms with van der Waals surface area (Å²) in [4.78, 5) is 14.8. The number of hydrogen-bond acceptors (Lipinski definition) is 3. The van der Waals surface area contributed by atoms with E-state index in [1.54, 1.807) is 0 Å². The summed E-state index contributed by atoms with van der Waals surface area (Å²) in [5, 5.41) is 6.80. The maximum atomic E-state index is 5.13. The van der Waals surface area contributed by atoms with Gasteiger partial charge < -0.3 is 0 Å². The molecule has 0 aliphatic heterocycles. The van der Waals surface area contributed by atoms with E-state index in [1.807, 2.05) is 12.3 Å². The van der Waals surface area contributed by atoms with E-state index in [9.17, 15) is 0 Å². The highest BCUT2D eigenvalue weighted by atomic mass is 14.8. The first kappa shape index (κ1) is 17.3.